The molecule has 0 saturated carbocycles. The smallest absolute Gasteiger partial charge is 0.201 e. The number of aromatic amines is 1. The van der Waals surface area contributed by atoms with Crippen LogP contribution in [0.3, 0.4) is 0 Å². The summed E-state index contributed by atoms with van der Waals surface area (Å²) in [5, 5.41) is 45.9. The summed E-state index contributed by atoms with van der Waals surface area (Å²) in [6.45, 7) is 3.06. The number of aryl methyl sites for hydroxylation is 1. The van der Waals surface area contributed by atoms with E-state index in [0.717, 1.165) is 0 Å². The van der Waals surface area contributed by atoms with Crippen molar-refractivity contribution in [1.82, 2.24) is 9.55 Å². The molecule has 1 aliphatic rings. The normalized spacial score (nSPS) is 16.1. The molecule has 2 atom stereocenters. The van der Waals surface area contributed by atoms with Crippen LogP contribution in [0.15, 0.2) is 52.1 Å². The molecule has 5 N–H and O–H groups in total. The second-order valence-corrected chi connectivity index (χ2v) is 12.2. The van der Waals surface area contributed by atoms with Crippen LogP contribution in [0.2, 0.25) is 0 Å². The van der Waals surface area contributed by atoms with Crippen LogP contribution < -0.4 is 29.8 Å². The van der Waals surface area contributed by atoms with Gasteiger partial charge >= 0.3 is 0 Å². The predicted octanol–water partition coefficient (Wildman–Crippen LogP) is 4.49. The second kappa shape index (κ2) is 10.2. The number of nitrogens with one attached hydrogen (secondary N) is 1. The summed E-state index contributed by atoms with van der Waals surface area (Å²) in [5.41, 5.74) is -1.12. The number of benzene rings is 4. The van der Waals surface area contributed by atoms with Gasteiger partial charge < -0.3 is 48.9 Å². The van der Waals surface area contributed by atoms with E-state index in [0.29, 0.717) is 22.6 Å². The number of ether oxygens (including phenoxy) is 4. The number of phenols is 3. The van der Waals surface area contributed by atoms with Crippen LogP contribution >= 0.6 is 0 Å². The Morgan fingerprint density at radius 1 is 0.830 bits per heavy atom. The van der Waals surface area contributed by atoms with Crippen molar-refractivity contribution in [2.45, 2.75) is 31.5 Å². The van der Waals surface area contributed by atoms with Crippen LogP contribution in [-0.2, 0) is 7.05 Å². The van der Waals surface area contributed by atoms with Gasteiger partial charge in [0.05, 0.1) is 76.5 Å². The van der Waals surface area contributed by atoms with Gasteiger partial charge in [0.15, 0.2) is 11.5 Å². The standard InChI is InChI=1S/C35H32N2O10/c1-35(2,43)34-26(24-21(47-34)13-18(39)23-29(24)37(3)28-15(31(23)41)8-7-9-17(28)38)25-20(45-5)12-16-22(32(25)42)30(40)14-10-11-19(44-4)33(46-6)27(14)36-16/h7-13,26,34,38-39,42-43H,1-6H3,(H,36,40)/t26-,34+/m1/s1. The van der Waals surface area contributed by atoms with E-state index < -0.39 is 34.2 Å². The maximum Gasteiger partial charge on any atom is 0.201 e. The van der Waals surface area contributed by atoms with Gasteiger partial charge in [-0.2, -0.15) is 0 Å². The third-order valence-electron chi connectivity index (χ3n) is 9.11. The number of fused-ring (bicyclic) bond motifs is 6. The van der Waals surface area contributed by atoms with Crippen molar-refractivity contribution in [2.24, 2.45) is 7.05 Å². The SMILES string of the molecule is COc1cc2[nH]c3c(OC)c(OC)ccc3c(=O)c2c(O)c1[C@H]1c2c(cc(O)c3c(=O)c4cccc(O)c4n(C)c23)O[C@@H]1C(C)(C)O. The minimum atomic E-state index is -1.56. The van der Waals surface area contributed by atoms with E-state index in [9.17, 15) is 30.0 Å². The maximum atomic E-state index is 14.1. The molecule has 2 aromatic heterocycles. The first kappa shape index (κ1) is 30.1. The van der Waals surface area contributed by atoms with Gasteiger partial charge in [-0.15, -0.1) is 0 Å². The largest absolute Gasteiger partial charge is 0.507 e. The molecule has 0 saturated heterocycles. The van der Waals surface area contributed by atoms with Crippen LogP contribution in [0.1, 0.15) is 30.9 Å². The summed E-state index contributed by atoms with van der Waals surface area (Å²) in [6.07, 6.45) is -1.10. The molecule has 4 aromatic carbocycles. The van der Waals surface area contributed by atoms with E-state index in [-0.39, 0.29) is 66.7 Å². The molecule has 0 unspecified atom stereocenters. The van der Waals surface area contributed by atoms with Crippen molar-refractivity contribution in [3.8, 4) is 40.2 Å². The van der Waals surface area contributed by atoms with Crippen molar-refractivity contribution >= 4 is 43.6 Å². The molecule has 0 spiro atoms. The number of aromatic nitrogens is 2. The van der Waals surface area contributed by atoms with Gasteiger partial charge in [-0.05, 0) is 38.1 Å². The highest BCUT2D eigenvalue weighted by atomic mass is 16.5. The summed E-state index contributed by atoms with van der Waals surface area (Å²) < 4.78 is 24.7. The van der Waals surface area contributed by atoms with Crippen LogP contribution in [-0.4, -0.2) is 63.0 Å². The molecule has 3 heterocycles. The number of H-pyrrole nitrogens is 1. The minimum Gasteiger partial charge on any atom is -0.507 e. The third kappa shape index (κ3) is 4.04. The Morgan fingerprint density at radius 2 is 1.53 bits per heavy atom. The fraction of sp³-hybridized carbons (Fsp3) is 0.257. The van der Waals surface area contributed by atoms with Crippen molar-refractivity contribution in [1.29, 1.82) is 0 Å². The Labute approximate surface area is 266 Å². The summed E-state index contributed by atoms with van der Waals surface area (Å²) >= 11 is 0. The second-order valence-electron chi connectivity index (χ2n) is 12.2. The highest BCUT2D eigenvalue weighted by Crippen LogP contribution is 2.55. The van der Waals surface area contributed by atoms with Crippen LogP contribution in [0, 0.1) is 0 Å². The zero-order chi connectivity index (χ0) is 33.7. The van der Waals surface area contributed by atoms with Gasteiger partial charge in [0, 0.05) is 30.3 Å². The average molecular weight is 641 g/mol. The van der Waals surface area contributed by atoms with E-state index >= 15 is 0 Å². The Kier molecular flexibility index (Phi) is 6.52. The first-order chi connectivity index (χ1) is 22.3. The van der Waals surface area contributed by atoms with Crippen molar-refractivity contribution in [3.05, 3.63) is 74.0 Å². The van der Waals surface area contributed by atoms with Gasteiger partial charge in [-0.25, -0.2) is 0 Å². The first-order valence-corrected chi connectivity index (χ1v) is 14.7. The number of hydrogen-bond acceptors (Lipinski definition) is 10. The van der Waals surface area contributed by atoms with Crippen molar-refractivity contribution in [3.63, 3.8) is 0 Å². The Bertz CT molecular complexity index is 2440. The molecule has 6 aromatic rings. The van der Waals surface area contributed by atoms with Gasteiger partial charge in [-0.3, -0.25) is 9.59 Å². The molecule has 0 radical (unpaired) electrons. The van der Waals surface area contributed by atoms with E-state index in [4.69, 9.17) is 18.9 Å². The molecule has 0 fully saturated rings. The van der Waals surface area contributed by atoms with Crippen LogP contribution in [0.5, 0.6) is 40.2 Å². The number of nitrogens with zero attached hydrogens (tertiary/aromatic N) is 1. The molecule has 12 nitrogen and oxygen atoms in total. The van der Waals surface area contributed by atoms with Gasteiger partial charge in [-0.1, -0.05) is 6.07 Å². The van der Waals surface area contributed by atoms with Crippen LogP contribution in [0.25, 0.3) is 43.6 Å². The number of phenolic OH excluding ortho intramolecular Hbond substituents is 3. The summed E-state index contributed by atoms with van der Waals surface area (Å²) in [5.74, 6) is -0.997. The quantitative estimate of drug-likeness (QED) is 0.169. The first-order valence-electron chi connectivity index (χ1n) is 14.7. The summed E-state index contributed by atoms with van der Waals surface area (Å²) in [7, 11) is 5.97. The molecule has 47 heavy (non-hydrogen) atoms. The van der Waals surface area contributed by atoms with E-state index in [1.807, 2.05) is 0 Å². The molecule has 0 aliphatic carbocycles. The van der Waals surface area contributed by atoms with E-state index in [1.165, 1.54) is 53.4 Å². The number of methoxy groups -OCH3 is 3. The number of rotatable bonds is 5. The number of hydrogen-bond donors (Lipinski definition) is 5. The maximum absolute atomic E-state index is 14.1. The van der Waals surface area contributed by atoms with Gasteiger partial charge in [0.25, 0.3) is 0 Å². The zero-order valence-corrected chi connectivity index (χ0v) is 26.4. The average Bonchev–Trinajstić information content (AvgIpc) is 3.41. The van der Waals surface area contributed by atoms with Crippen molar-refractivity contribution < 1.29 is 39.4 Å². The fourth-order valence-electron chi connectivity index (χ4n) is 7.10. The molecule has 242 valence electrons. The molecule has 0 bridgehead atoms. The lowest BCUT2D eigenvalue weighted by atomic mass is 9.79. The highest BCUT2D eigenvalue weighted by molar-refractivity contribution is 6.03. The van der Waals surface area contributed by atoms with Gasteiger partial charge in [0.2, 0.25) is 10.9 Å². The Morgan fingerprint density at radius 3 is 2.19 bits per heavy atom. The Balaban J connectivity index is 1.65. The fourth-order valence-corrected chi connectivity index (χ4v) is 7.10. The molecule has 1 aliphatic heterocycles. The molecular formula is C35H32N2O10. The third-order valence-corrected chi connectivity index (χ3v) is 9.11. The molecule has 12 heteroatoms. The predicted molar refractivity (Wildman–Crippen MR) is 176 cm³/mol. The number of para-hydroxylation sites is 1. The minimum absolute atomic E-state index is 0.0431. The summed E-state index contributed by atoms with van der Waals surface area (Å²) in [4.78, 5) is 31.1. The van der Waals surface area contributed by atoms with Crippen LogP contribution in [0.4, 0.5) is 0 Å². The molecule has 0 amide bonds. The topological polar surface area (TPSA) is 173 Å². The zero-order valence-electron chi connectivity index (χ0n) is 26.4. The van der Waals surface area contributed by atoms with Gasteiger partial charge in [0.1, 0.15) is 34.9 Å². The number of aliphatic hydroxyl groups is 1. The monoisotopic (exact) mass is 640 g/mol. The summed E-state index contributed by atoms with van der Waals surface area (Å²) in [6, 6.07) is 10.6. The lowest BCUT2D eigenvalue weighted by Crippen LogP contribution is -2.42. The Hall–Kier alpha value is -5.62. The van der Waals surface area contributed by atoms with E-state index in [1.54, 1.807) is 35.9 Å². The molecule has 7 rings (SSSR count). The lowest BCUT2D eigenvalue weighted by molar-refractivity contribution is -0.0300. The number of aromatic hydroxyl groups is 3. The lowest BCUT2D eigenvalue weighted by Gasteiger charge is -2.31. The van der Waals surface area contributed by atoms with E-state index in [2.05, 4.69) is 4.98 Å². The number of pyridine rings is 2. The van der Waals surface area contributed by atoms with Crippen molar-refractivity contribution in [2.75, 3.05) is 21.3 Å². The molecular weight excluding hydrogens is 608 g/mol. The highest BCUT2D eigenvalue weighted by Gasteiger charge is 2.48.